The number of nitrogens with zero attached hydrogens (tertiary/aromatic N) is 1. The van der Waals surface area contributed by atoms with Crippen LogP contribution >= 0.6 is 0 Å². The van der Waals surface area contributed by atoms with Gasteiger partial charge in [-0.15, -0.1) is 0 Å². The molecule has 1 amide bonds. The van der Waals surface area contributed by atoms with Gasteiger partial charge in [0.15, 0.2) is 0 Å². The highest BCUT2D eigenvalue weighted by atomic mass is 16.6. The molecule has 0 unspecified atom stereocenters. The Bertz CT molecular complexity index is 802. The third-order valence-corrected chi connectivity index (χ3v) is 4.01. The highest BCUT2D eigenvalue weighted by molar-refractivity contribution is 5.90. The lowest BCUT2D eigenvalue weighted by Crippen LogP contribution is -2.33. The molecule has 2 rings (SSSR count). The molecule has 4 nitrogen and oxygen atoms in total. The molecule has 148 valence electrons. The van der Waals surface area contributed by atoms with E-state index in [2.05, 4.69) is 25.1 Å². The van der Waals surface area contributed by atoms with Crippen molar-refractivity contribution in [2.75, 3.05) is 12.0 Å². The van der Waals surface area contributed by atoms with Crippen LogP contribution in [0.4, 0.5) is 10.5 Å². The molecule has 2 aromatic carbocycles. The van der Waals surface area contributed by atoms with Crippen molar-refractivity contribution in [3.05, 3.63) is 84.6 Å². The molecular weight excluding hydrogens is 350 g/mol. The van der Waals surface area contributed by atoms with E-state index in [-0.39, 0.29) is 5.92 Å². The monoisotopic (exact) mass is 379 g/mol. The highest BCUT2D eigenvalue weighted by Crippen LogP contribution is 2.22. The van der Waals surface area contributed by atoms with Crippen molar-refractivity contribution in [2.24, 2.45) is 0 Å². The molecule has 0 spiro atoms. The molecule has 0 heterocycles. The van der Waals surface area contributed by atoms with E-state index in [4.69, 9.17) is 9.47 Å². The summed E-state index contributed by atoms with van der Waals surface area (Å²) in [5, 5.41) is 0. The number of amides is 1. The van der Waals surface area contributed by atoms with E-state index in [0.717, 1.165) is 5.75 Å². The first-order valence-corrected chi connectivity index (χ1v) is 9.36. The van der Waals surface area contributed by atoms with Crippen molar-refractivity contribution in [3.8, 4) is 5.75 Å². The molecular formula is C24H29NO3. The van der Waals surface area contributed by atoms with Gasteiger partial charge in [0.25, 0.3) is 0 Å². The quantitative estimate of drug-likeness (QED) is 0.552. The third-order valence-electron chi connectivity index (χ3n) is 4.01. The van der Waals surface area contributed by atoms with Crippen LogP contribution in [0.15, 0.2) is 79.0 Å². The molecule has 0 radical (unpaired) electrons. The van der Waals surface area contributed by atoms with Crippen LogP contribution in [-0.4, -0.2) is 18.8 Å². The zero-order chi connectivity index (χ0) is 20.6. The number of carbonyl (C=O) groups is 1. The number of carbonyl (C=O) groups excluding carboxylic acids is 1. The standard InChI is InChI=1S/C24H29NO3/c1-19(20-12-7-6-8-13-20)11-9-10-18-25(23(26)28-24(2,3)4)21-14-16-22(27-5)17-15-21/h6-19H,1-5H3/b11-9+,18-10+/t19-/m0/s1. The lowest BCUT2D eigenvalue weighted by molar-refractivity contribution is 0.0596. The average molecular weight is 380 g/mol. The predicted octanol–water partition coefficient (Wildman–Crippen LogP) is 6.31. The summed E-state index contributed by atoms with van der Waals surface area (Å²) in [7, 11) is 1.61. The fourth-order valence-corrected chi connectivity index (χ4v) is 2.54. The molecule has 0 bridgehead atoms. The summed E-state index contributed by atoms with van der Waals surface area (Å²) in [5.41, 5.74) is 1.37. The number of ether oxygens (including phenoxy) is 2. The Morgan fingerprint density at radius 3 is 2.21 bits per heavy atom. The fourth-order valence-electron chi connectivity index (χ4n) is 2.54. The predicted molar refractivity (Wildman–Crippen MR) is 115 cm³/mol. The number of hydrogen-bond donors (Lipinski definition) is 0. The van der Waals surface area contributed by atoms with Gasteiger partial charge in [0.1, 0.15) is 11.4 Å². The molecule has 4 heteroatoms. The molecule has 2 aromatic rings. The molecule has 0 fully saturated rings. The largest absolute Gasteiger partial charge is 0.497 e. The lowest BCUT2D eigenvalue weighted by atomic mass is 10.0. The zero-order valence-corrected chi connectivity index (χ0v) is 17.3. The van der Waals surface area contributed by atoms with Crippen molar-refractivity contribution in [3.63, 3.8) is 0 Å². The van der Waals surface area contributed by atoms with Gasteiger partial charge in [-0.2, -0.15) is 0 Å². The first kappa shape index (κ1) is 21.3. The number of allylic oxidation sites excluding steroid dienone is 3. The molecule has 0 aromatic heterocycles. The number of methoxy groups -OCH3 is 1. The molecule has 28 heavy (non-hydrogen) atoms. The molecule has 0 aliphatic rings. The number of hydrogen-bond acceptors (Lipinski definition) is 3. The fraction of sp³-hybridized carbons (Fsp3) is 0.292. The summed E-state index contributed by atoms with van der Waals surface area (Å²) >= 11 is 0. The summed E-state index contributed by atoms with van der Waals surface area (Å²) in [6, 6.07) is 17.5. The smallest absolute Gasteiger partial charge is 0.418 e. The van der Waals surface area contributed by atoms with E-state index in [1.807, 2.05) is 75.4 Å². The van der Waals surface area contributed by atoms with Gasteiger partial charge in [0.2, 0.25) is 0 Å². The number of benzene rings is 2. The van der Waals surface area contributed by atoms with Gasteiger partial charge in [-0.25, -0.2) is 4.79 Å². The second-order valence-electron chi connectivity index (χ2n) is 7.47. The van der Waals surface area contributed by atoms with Crippen LogP contribution in [0.3, 0.4) is 0 Å². The van der Waals surface area contributed by atoms with Crippen LogP contribution in [0, 0.1) is 0 Å². The van der Waals surface area contributed by atoms with Crippen LogP contribution in [0.1, 0.15) is 39.2 Å². The Balaban J connectivity index is 2.17. The van der Waals surface area contributed by atoms with Gasteiger partial charge in [0, 0.05) is 6.20 Å². The van der Waals surface area contributed by atoms with Gasteiger partial charge in [-0.05, 0) is 62.6 Å². The van der Waals surface area contributed by atoms with Gasteiger partial charge in [-0.3, -0.25) is 4.90 Å². The molecule has 0 aliphatic heterocycles. The van der Waals surface area contributed by atoms with Crippen molar-refractivity contribution >= 4 is 11.8 Å². The van der Waals surface area contributed by atoms with Crippen LogP contribution in [0.25, 0.3) is 0 Å². The number of anilines is 1. The molecule has 0 saturated heterocycles. The van der Waals surface area contributed by atoms with E-state index >= 15 is 0 Å². The van der Waals surface area contributed by atoms with Crippen LogP contribution in [0.5, 0.6) is 5.75 Å². The Kier molecular flexibility index (Phi) is 7.44. The van der Waals surface area contributed by atoms with Gasteiger partial charge in [0.05, 0.1) is 12.8 Å². The van der Waals surface area contributed by atoms with Gasteiger partial charge >= 0.3 is 6.09 Å². The summed E-state index contributed by atoms with van der Waals surface area (Å²) in [5.74, 6) is 1.01. The summed E-state index contributed by atoms with van der Waals surface area (Å²) in [6.45, 7) is 7.68. The van der Waals surface area contributed by atoms with Crippen LogP contribution in [0.2, 0.25) is 0 Å². The van der Waals surface area contributed by atoms with E-state index in [0.29, 0.717) is 5.69 Å². The maximum absolute atomic E-state index is 12.7. The first-order chi connectivity index (χ1) is 13.3. The summed E-state index contributed by atoms with van der Waals surface area (Å²) in [6.07, 6.45) is 7.15. The maximum Gasteiger partial charge on any atom is 0.418 e. The van der Waals surface area contributed by atoms with Gasteiger partial charge in [-0.1, -0.05) is 49.4 Å². The average Bonchev–Trinajstić information content (AvgIpc) is 2.67. The Morgan fingerprint density at radius 2 is 1.64 bits per heavy atom. The van der Waals surface area contributed by atoms with E-state index in [1.54, 1.807) is 13.3 Å². The Labute approximate surface area is 168 Å². The van der Waals surface area contributed by atoms with Crippen molar-refractivity contribution < 1.29 is 14.3 Å². The van der Waals surface area contributed by atoms with Crippen LogP contribution < -0.4 is 9.64 Å². The van der Waals surface area contributed by atoms with Gasteiger partial charge < -0.3 is 9.47 Å². The van der Waals surface area contributed by atoms with E-state index < -0.39 is 11.7 Å². The zero-order valence-electron chi connectivity index (χ0n) is 17.3. The second kappa shape index (κ2) is 9.79. The first-order valence-electron chi connectivity index (χ1n) is 9.36. The minimum Gasteiger partial charge on any atom is -0.497 e. The minimum atomic E-state index is -0.576. The third kappa shape index (κ3) is 6.62. The topological polar surface area (TPSA) is 38.8 Å². The molecule has 0 aliphatic carbocycles. The SMILES string of the molecule is COc1ccc(N(/C=C/C=C/[C@H](C)c2ccccc2)C(=O)OC(C)(C)C)cc1. The lowest BCUT2D eigenvalue weighted by Gasteiger charge is -2.25. The molecule has 0 saturated carbocycles. The highest BCUT2D eigenvalue weighted by Gasteiger charge is 2.21. The molecule has 1 atom stereocenters. The Hall–Kier alpha value is -3.01. The Morgan fingerprint density at radius 1 is 1.00 bits per heavy atom. The second-order valence-corrected chi connectivity index (χ2v) is 7.47. The summed E-state index contributed by atoms with van der Waals surface area (Å²) in [4.78, 5) is 14.1. The summed E-state index contributed by atoms with van der Waals surface area (Å²) < 4.78 is 10.7. The van der Waals surface area contributed by atoms with Crippen molar-refractivity contribution in [1.82, 2.24) is 0 Å². The molecule has 0 N–H and O–H groups in total. The maximum atomic E-state index is 12.7. The van der Waals surface area contributed by atoms with Crippen molar-refractivity contribution in [2.45, 2.75) is 39.2 Å². The van der Waals surface area contributed by atoms with E-state index in [1.165, 1.54) is 10.5 Å². The van der Waals surface area contributed by atoms with Crippen molar-refractivity contribution in [1.29, 1.82) is 0 Å². The number of rotatable bonds is 6. The van der Waals surface area contributed by atoms with Crippen LogP contribution in [-0.2, 0) is 4.74 Å². The van der Waals surface area contributed by atoms with E-state index in [9.17, 15) is 4.79 Å². The normalized spacial score (nSPS) is 12.9. The minimum absolute atomic E-state index is 0.279.